The van der Waals surface area contributed by atoms with Crippen molar-refractivity contribution < 1.29 is 4.42 Å². The van der Waals surface area contributed by atoms with Crippen LogP contribution >= 0.6 is 11.3 Å². The fraction of sp³-hybridized carbons (Fsp3) is 0. The number of fused-ring (bicyclic) bond motifs is 7. The van der Waals surface area contributed by atoms with Crippen molar-refractivity contribution in [1.29, 1.82) is 0 Å². The van der Waals surface area contributed by atoms with Gasteiger partial charge in [0.15, 0.2) is 5.58 Å². The summed E-state index contributed by atoms with van der Waals surface area (Å²) in [5.41, 5.74) is 6.00. The largest absolute Gasteiger partial charge is 0.463 e. The van der Waals surface area contributed by atoms with E-state index < -0.39 is 0 Å². The van der Waals surface area contributed by atoms with Gasteiger partial charge in [-0.2, -0.15) is 0 Å². The van der Waals surface area contributed by atoms with Crippen molar-refractivity contribution in [2.75, 3.05) is 0 Å². The van der Waals surface area contributed by atoms with E-state index in [1.54, 1.807) is 0 Å². The second-order valence-electron chi connectivity index (χ2n) is 9.27. The Morgan fingerprint density at radius 3 is 1.75 bits per heavy atom. The number of furan rings is 1. The highest BCUT2D eigenvalue weighted by atomic mass is 32.1. The van der Waals surface area contributed by atoms with Crippen LogP contribution in [0.5, 0.6) is 0 Å². The van der Waals surface area contributed by atoms with E-state index >= 15 is 0 Å². The molecule has 2 aromatic heterocycles. The van der Waals surface area contributed by atoms with Crippen molar-refractivity contribution in [3.05, 3.63) is 122 Å². The van der Waals surface area contributed by atoms with Crippen LogP contribution in [0.3, 0.4) is 0 Å². The van der Waals surface area contributed by atoms with Gasteiger partial charge in [-0.25, -0.2) is 0 Å². The smallest absolute Gasteiger partial charge is 0.152 e. The number of hydrogen-bond donors (Lipinski definition) is 0. The molecule has 2 heterocycles. The summed E-state index contributed by atoms with van der Waals surface area (Å²) < 4.78 is 8.66. The maximum absolute atomic E-state index is 6.15. The first kappa shape index (κ1) is 19.9. The van der Waals surface area contributed by atoms with E-state index in [1.807, 2.05) is 17.6 Å². The quantitative estimate of drug-likeness (QED) is 0.226. The van der Waals surface area contributed by atoms with Crippen molar-refractivity contribution >= 4 is 64.0 Å². The van der Waals surface area contributed by atoms with Gasteiger partial charge in [0.1, 0.15) is 0 Å². The highest BCUT2D eigenvalue weighted by Gasteiger charge is 2.21. The average molecular weight is 477 g/mol. The van der Waals surface area contributed by atoms with Gasteiger partial charge in [-0.15, -0.1) is 11.3 Å². The molecule has 168 valence electrons. The highest BCUT2D eigenvalue weighted by molar-refractivity contribution is 7.26. The van der Waals surface area contributed by atoms with E-state index in [9.17, 15) is 0 Å². The normalized spacial score (nSPS) is 11.9. The molecule has 0 spiro atoms. The maximum Gasteiger partial charge on any atom is 0.152 e. The Balaban J connectivity index is 1.60. The van der Waals surface area contributed by atoms with Crippen LogP contribution in [0.25, 0.3) is 74.9 Å². The van der Waals surface area contributed by atoms with Crippen molar-refractivity contribution in [2.45, 2.75) is 0 Å². The summed E-state index contributed by atoms with van der Waals surface area (Å²) in [5.74, 6) is 0. The van der Waals surface area contributed by atoms with Gasteiger partial charge in [-0.1, -0.05) is 97.1 Å². The molecule has 0 aliphatic rings. The summed E-state index contributed by atoms with van der Waals surface area (Å²) in [6.07, 6.45) is 1.83. The Labute approximate surface area is 211 Å². The zero-order valence-corrected chi connectivity index (χ0v) is 20.2. The summed E-state index contributed by atoms with van der Waals surface area (Å²) >= 11 is 1.81. The van der Waals surface area contributed by atoms with Gasteiger partial charge in [-0.3, -0.25) is 0 Å². The number of thiophene rings is 1. The summed E-state index contributed by atoms with van der Waals surface area (Å²) in [6.45, 7) is 0. The maximum atomic E-state index is 6.15. The lowest BCUT2D eigenvalue weighted by molar-refractivity contribution is 0.619. The molecule has 0 saturated carbocycles. The second kappa shape index (κ2) is 7.55. The van der Waals surface area contributed by atoms with Gasteiger partial charge in [0.2, 0.25) is 0 Å². The second-order valence-corrected chi connectivity index (χ2v) is 10.3. The van der Waals surface area contributed by atoms with E-state index in [0.717, 1.165) is 11.0 Å². The summed E-state index contributed by atoms with van der Waals surface area (Å²) in [6, 6.07) is 41.6. The standard InChI is InChI=1S/C34H20OS/c1-2-10-21(11-3-1)31-23-13-4-6-15-25(23)32(26-16-7-5-14-24(26)31)28-20-29-22-12-8-9-17-30(22)36-34(29)33-27(28)18-19-35-33/h1-20H. The molecule has 0 bridgehead atoms. The first-order chi connectivity index (χ1) is 17.9. The third-order valence-corrected chi connectivity index (χ3v) is 8.53. The summed E-state index contributed by atoms with van der Waals surface area (Å²) in [7, 11) is 0. The number of benzene rings is 6. The number of rotatable bonds is 2. The molecule has 8 rings (SSSR count). The Bertz CT molecular complexity index is 2040. The fourth-order valence-electron chi connectivity index (χ4n) is 5.84. The molecule has 6 aromatic carbocycles. The molecule has 0 unspecified atom stereocenters. The lowest BCUT2D eigenvalue weighted by Gasteiger charge is -2.18. The molecule has 1 nitrogen and oxygen atoms in total. The van der Waals surface area contributed by atoms with Crippen molar-refractivity contribution in [1.82, 2.24) is 0 Å². The van der Waals surface area contributed by atoms with E-state index in [0.29, 0.717) is 0 Å². The summed E-state index contributed by atoms with van der Waals surface area (Å²) in [4.78, 5) is 0. The molecule has 0 fully saturated rings. The molecule has 0 aliphatic carbocycles. The third kappa shape index (κ3) is 2.71. The molecule has 0 saturated heterocycles. The van der Waals surface area contributed by atoms with Crippen molar-refractivity contribution in [3.8, 4) is 22.3 Å². The molecule has 0 aliphatic heterocycles. The molecule has 36 heavy (non-hydrogen) atoms. The topological polar surface area (TPSA) is 13.1 Å². The van der Waals surface area contributed by atoms with Gasteiger partial charge < -0.3 is 4.42 Å². The molecular weight excluding hydrogens is 456 g/mol. The molecular formula is C34H20OS. The Kier molecular flexibility index (Phi) is 4.16. The summed E-state index contributed by atoms with van der Waals surface area (Å²) in [5, 5.41) is 8.76. The first-order valence-corrected chi connectivity index (χ1v) is 13.0. The van der Waals surface area contributed by atoms with Gasteiger partial charge >= 0.3 is 0 Å². The van der Waals surface area contributed by atoms with Gasteiger partial charge in [0.25, 0.3) is 0 Å². The molecule has 0 radical (unpaired) electrons. The van der Waals surface area contributed by atoms with Crippen LogP contribution < -0.4 is 0 Å². The van der Waals surface area contributed by atoms with E-state index in [4.69, 9.17) is 4.42 Å². The fourth-order valence-corrected chi connectivity index (χ4v) is 7.02. The molecule has 0 N–H and O–H groups in total. The van der Waals surface area contributed by atoms with Crippen molar-refractivity contribution in [3.63, 3.8) is 0 Å². The molecule has 0 atom stereocenters. The minimum absolute atomic E-state index is 0.976. The Morgan fingerprint density at radius 1 is 0.472 bits per heavy atom. The van der Waals surface area contributed by atoms with Crippen LogP contribution in [0.2, 0.25) is 0 Å². The molecule has 8 aromatic rings. The van der Waals surface area contributed by atoms with Crippen LogP contribution in [-0.2, 0) is 0 Å². The zero-order chi connectivity index (χ0) is 23.6. The average Bonchev–Trinajstić information content (AvgIpc) is 3.57. The Hall–Kier alpha value is -4.40. The third-order valence-electron chi connectivity index (χ3n) is 7.35. The molecule has 2 heteroatoms. The van der Waals surface area contributed by atoms with Crippen LogP contribution in [0.15, 0.2) is 126 Å². The van der Waals surface area contributed by atoms with Crippen LogP contribution in [-0.4, -0.2) is 0 Å². The van der Waals surface area contributed by atoms with Gasteiger partial charge in [0.05, 0.1) is 11.0 Å². The lowest BCUT2D eigenvalue weighted by Crippen LogP contribution is -1.91. The van der Waals surface area contributed by atoms with Crippen molar-refractivity contribution in [2.24, 2.45) is 0 Å². The number of hydrogen-bond acceptors (Lipinski definition) is 2. The first-order valence-electron chi connectivity index (χ1n) is 12.2. The van der Waals surface area contributed by atoms with E-state index in [-0.39, 0.29) is 0 Å². The minimum Gasteiger partial charge on any atom is -0.463 e. The highest BCUT2D eigenvalue weighted by Crippen LogP contribution is 2.48. The van der Waals surface area contributed by atoms with Crippen LogP contribution in [0.1, 0.15) is 0 Å². The van der Waals surface area contributed by atoms with Gasteiger partial charge in [0, 0.05) is 20.9 Å². The van der Waals surface area contributed by atoms with Gasteiger partial charge in [-0.05, 0) is 62.0 Å². The lowest BCUT2D eigenvalue weighted by atomic mass is 9.85. The zero-order valence-electron chi connectivity index (χ0n) is 19.4. The monoisotopic (exact) mass is 476 g/mol. The SMILES string of the molecule is c1ccc(-c2c3ccccc3c(-c3cc4c5ccccc5sc4c4occc34)c3ccccc23)cc1. The predicted octanol–water partition coefficient (Wildman–Crippen LogP) is 10.4. The minimum atomic E-state index is 0.976. The van der Waals surface area contributed by atoms with Crippen LogP contribution in [0, 0.1) is 0 Å². The van der Waals surface area contributed by atoms with E-state index in [1.165, 1.54) is 64.0 Å². The van der Waals surface area contributed by atoms with Crippen LogP contribution in [0.4, 0.5) is 0 Å². The predicted molar refractivity (Wildman–Crippen MR) is 155 cm³/mol. The Morgan fingerprint density at radius 2 is 1.06 bits per heavy atom. The van der Waals surface area contributed by atoms with E-state index in [2.05, 4.69) is 115 Å². The molecule has 0 amide bonds.